The van der Waals surface area contributed by atoms with Crippen LogP contribution in [0.2, 0.25) is 5.02 Å². The molecule has 0 aliphatic carbocycles. The fourth-order valence-corrected chi connectivity index (χ4v) is 9.21. The number of hydrogen-bond donors (Lipinski definition) is 0. The molecule has 9 rings (SSSR count). The fourth-order valence-electron chi connectivity index (χ4n) is 6.30. The molecule has 3 aromatic heterocycles. The predicted molar refractivity (Wildman–Crippen MR) is 220 cm³/mol. The van der Waals surface area contributed by atoms with Crippen molar-refractivity contribution in [2.45, 2.75) is 0 Å². The minimum Gasteiger partial charge on any atom is -0.456 e. The van der Waals surface area contributed by atoms with Crippen molar-refractivity contribution in [3.05, 3.63) is 145 Å². The molecule has 3 heterocycles. The van der Waals surface area contributed by atoms with Crippen LogP contribution in [-0.4, -0.2) is 19.5 Å². The van der Waals surface area contributed by atoms with Crippen LogP contribution in [0, 0.1) is 0 Å². The van der Waals surface area contributed by atoms with Crippen molar-refractivity contribution < 1.29 is 4.42 Å². The molecule has 0 saturated carbocycles. The molecule has 5 nitrogen and oxygen atoms in total. The summed E-state index contributed by atoms with van der Waals surface area (Å²) in [5.74, 6) is 1.68. The molecule has 11 heteroatoms. The Balaban J connectivity index is 0.000000677. The van der Waals surface area contributed by atoms with Gasteiger partial charge in [0.15, 0.2) is 11.6 Å². The maximum absolute atomic E-state index is 6.45. The Morgan fingerprint density at radius 1 is 0.540 bits per heavy atom. The highest BCUT2D eigenvalue weighted by atomic mass is 35.5. The third-order valence-electron chi connectivity index (χ3n) is 8.39. The Kier molecular flexibility index (Phi) is 9.29. The van der Waals surface area contributed by atoms with E-state index in [9.17, 15) is 0 Å². The minimum absolute atomic E-state index is 0.542. The summed E-state index contributed by atoms with van der Waals surface area (Å²) in [4.78, 5) is 15.3. The summed E-state index contributed by atoms with van der Waals surface area (Å²) in [6.07, 6.45) is 0. The minimum atomic E-state index is 0.542. The molecule has 0 fully saturated rings. The third-order valence-corrected chi connectivity index (χ3v) is 13.1. The second kappa shape index (κ2) is 14.3. The van der Waals surface area contributed by atoms with Gasteiger partial charge in [-0.2, -0.15) is 9.97 Å². The standard InChI is InChI=1S/C39H23ClN4O.S5/c40-27-19-21-34-31(23-27)36-29(15-9-17-35(36)45-34)38-41-37(25-12-5-2-6-13-25)42-39(43-38)44-32-16-8-7-14-28(32)30-22-26(18-20-33(30)44)24-10-3-1-4-11-24;1-3-5-4-2/h1-23H;. The molecule has 242 valence electrons. The molecule has 0 saturated heterocycles. The van der Waals surface area contributed by atoms with Crippen LogP contribution >= 0.6 is 11.6 Å². The summed E-state index contributed by atoms with van der Waals surface area (Å²) in [5, 5.41) is 4.74. The van der Waals surface area contributed by atoms with E-state index in [4.69, 9.17) is 31.0 Å². The van der Waals surface area contributed by atoms with E-state index in [1.165, 1.54) is 32.2 Å². The highest BCUT2D eigenvalue weighted by molar-refractivity contribution is 8.59. The summed E-state index contributed by atoms with van der Waals surface area (Å²) in [6.45, 7) is 0. The van der Waals surface area contributed by atoms with Crippen molar-refractivity contribution in [3.63, 3.8) is 0 Å². The van der Waals surface area contributed by atoms with Crippen molar-refractivity contribution in [2.75, 3.05) is 0 Å². The zero-order valence-corrected chi connectivity index (χ0v) is 30.7. The summed E-state index contributed by atoms with van der Waals surface area (Å²) in [5.41, 5.74) is 7.63. The Bertz CT molecular complexity index is 2830. The van der Waals surface area contributed by atoms with Crippen molar-refractivity contribution in [1.82, 2.24) is 19.5 Å². The van der Waals surface area contributed by atoms with Crippen LogP contribution in [0.3, 0.4) is 0 Å². The third kappa shape index (κ3) is 6.15. The van der Waals surface area contributed by atoms with Crippen molar-refractivity contribution in [3.8, 4) is 39.9 Å². The van der Waals surface area contributed by atoms with Gasteiger partial charge in [0.05, 0.1) is 11.0 Å². The van der Waals surface area contributed by atoms with Gasteiger partial charge in [-0.15, -0.1) is 0 Å². The predicted octanol–water partition coefficient (Wildman–Crippen LogP) is 10.5. The molecule has 0 amide bonds. The second-order valence-electron chi connectivity index (χ2n) is 11.2. The van der Waals surface area contributed by atoms with E-state index in [0.29, 0.717) is 22.6 Å². The van der Waals surface area contributed by atoms with Crippen LogP contribution in [-0.2, 0) is 49.0 Å². The maximum atomic E-state index is 6.45. The lowest BCUT2D eigenvalue weighted by atomic mass is 10.0. The Hall–Kier alpha value is -4.68. The monoisotopic (exact) mass is 758 g/mol. The molecular weight excluding hydrogens is 736 g/mol. The van der Waals surface area contributed by atoms with Gasteiger partial charge in [-0.25, -0.2) is 4.98 Å². The van der Waals surface area contributed by atoms with Crippen LogP contribution in [0.5, 0.6) is 0 Å². The molecule has 0 spiro atoms. The number of fused-ring (bicyclic) bond motifs is 6. The van der Waals surface area contributed by atoms with Crippen LogP contribution in [0.4, 0.5) is 0 Å². The summed E-state index contributed by atoms with van der Waals surface area (Å²) in [7, 11) is 3.95. The molecule has 0 bridgehead atoms. The van der Waals surface area contributed by atoms with E-state index in [-0.39, 0.29) is 0 Å². The van der Waals surface area contributed by atoms with E-state index in [1.807, 2.05) is 72.8 Å². The fraction of sp³-hybridized carbons (Fsp3) is 0. The van der Waals surface area contributed by atoms with Gasteiger partial charge in [0, 0.05) is 86.7 Å². The van der Waals surface area contributed by atoms with E-state index in [2.05, 4.69) is 93.7 Å². The molecule has 0 aliphatic heterocycles. The van der Waals surface area contributed by atoms with E-state index >= 15 is 0 Å². The van der Waals surface area contributed by atoms with Crippen LogP contribution in [0.25, 0.3) is 83.6 Å². The number of nitrogens with zero attached hydrogens (tertiary/aromatic N) is 4. The van der Waals surface area contributed by atoms with Crippen LogP contribution in [0.1, 0.15) is 0 Å². The van der Waals surface area contributed by atoms with E-state index in [0.717, 1.165) is 60.4 Å². The SMILES string of the molecule is Clc1ccc2oc3cccc(-c4nc(-c5ccccc5)nc(-n5c6ccccc6c6cc(-c7ccccc7)ccc65)n4)c3c2c1.S=S=S=S=S. The van der Waals surface area contributed by atoms with E-state index in [1.54, 1.807) is 0 Å². The maximum Gasteiger partial charge on any atom is 0.238 e. The zero-order valence-electron chi connectivity index (χ0n) is 25.9. The molecule has 0 aliphatic rings. The topological polar surface area (TPSA) is 56.7 Å². The number of aromatic nitrogens is 4. The molecule has 9 aromatic rings. The number of rotatable bonds is 4. The number of halogens is 1. The van der Waals surface area contributed by atoms with Crippen LogP contribution < -0.4 is 0 Å². The zero-order chi connectivity index (χ0) is 34.0. The highest BCUT2D eigenvalue weighted by Crippen LogP contribution is 2.38. The molecule has 0 N–H and O–H groups in total. The van der Waals surface area contributed by atoms with E-state index < -0.39 is 0 Å². The first-order valence-corrected chi connectivity index (χ1v) is 21.1. The van der Waals surface area contributed by atoms with Gasteiger partial charge in [-0.05, 0) is 53.6 Å². The van der Waals surface area contributed by atoms with Gasteiger partial charge in [-0.1, -0.05) is 109 Å². The first-order valence-electron chi connectivity index (χ1n) is 15.4. The number of benzene rings is 6. The summed E-state index contributed by atoms with van der Waals surface area (Å²) >= 11 is 15.3. The van der Waals surface area contributed by atoms with Gasteiger partial charge < -0.3 is 4.42 Å². The van der Waals surface area contributed by atoms with Crippen molar-refractivity contribution >= 4 is 104 Å². The molecule has 0 atom stereocenters. The highest BCUT2D eigenvalue weighted by Gasteiger charge is 2.20. The van der Waals surface area contributed by atoms with Gasteiger partial charge in [0.1, 0.15) is 11.2 Å². The van der Waals surface area contributed by atoms with Gasteiger partial charge >= 0.3 is 0 Å². The lowest BCUT2D eigenvalue weighted by molar-refractivity contribution is 0.669. The first kappa shape index (κ1) is 32.5. The molecule has 0 unspecified atom stereocenters. The second-order valence-corrected chi connectivity index (χ2v) is 17.0. The average Bonchev–Trinajstić information content (AvgIpc) is 3.71. The van der Waals surface area contributed by atoms with Crippen molar-refractivity contribution in [2.24, 2.45) is 0 Å². The quantitative estimate of drug-likeness (QED) is 0.178. The Morgan fingerprint density at radius 2 is 1.24 bits per heavy atom. The van der Waals surface area contributed by atoms with Gasteiger partial charge in [0.2, 0.25) is 5.95 Å². The lowest BCUT2D eigenvalue weighted by Crippen LogP contribution is -2.06. The number of hydrogen-bond acceptors (Lipinski definition) is 6. The Labute approximate surface area is 310 Å². The molecule has 50 heavy (non-hydrogen) atoms. The number of para-hydroxylation sites is 1. The van der Waals surface area contributed by atoms with Gasteiger partial charge in [-0.3, -0.25) is 4.57 Å². The van der Waals surface area contributed by atoms with Gasteiger partial charge in [0.25, 0.3) is 0 Å². The summed E-state index contributed by atoms with van der Waals surface area (Å²) < 4.78 is 8.36. The summed E-state index contributed by atoms with van der Waals surface area (Å²) in [6, 6.07) is 47.1. The molecule has 0 radical (unpaired) electrons. The number of furan rings is 1. The lowest BCUT2D eigenvalue weighted by Gasteiger charge is -2.11. The molecule has 6 aromatic carbocycles. The first-order chi connectivity index (χ1) is 24.6. The Morgan fingerprint density at radius 3 is 2.00 bits per heavy atom. The largest absolute Gasteiger partial charge is 0.456 e. The average molecular weight is 759 g/mol. The van der Waals surface area contributed by atoms with Crippen LogP contribution in [0.15, 0.2) is 144 Å². The molecular formula is C39H23ClN4OS5. The normalized spacial score (nSPS) is 11.1. The smallest absolute Gasteiger partial charge is 0.238 e. The van der Waals surface area contributed by atoms with Crippen molar-refractivity contribution in [1.29, 1.82) is 0 Å².